The van der Waals surface area contributed by atoms with Crippen molar-refractivity contribution < 1.29 is 9.47 Å². The van der Waals surface area contributed by atoms with Crippen LogP contribution in [0.2, 0.25) is 0 Å². The molecule has 0 amide bonds. The van der Waals surface area contributed by atoms with Crippen LogP contribution in [0.15, 0.2) is 18.2 Å². The van der Waals surface area contributed by atoms with Gasteiger partial charge in [-0.1, -0.05) is 6.07 Å². The second-order valence-electron chi connectivity index (χ2n) is 3.82. The Bertz CT molecular complexity index is 503. The van der Waals surface area contributed by atoms with Gasteiger partial charge in [-0.15, -0.1) is 10.2 Å². The molecule has 2 aromatic rings. The fourth-order valence-corrected chi connectivity index (χ4v) is 2.08. The summed E-state index contributed by atoms with van der Waals surface area (Å²) in [6.45, 7) is 0.800. The van der Waals surface area contributed by atoms with Gasteiger partial charge in [0.15, 0.2) is 11.5 Å². The molecular weight excluding hydrogens is 206 g/mol. The summed E-state index contributed by atoms with van der Waals surface area (Å²) < 4.78 is 12.9. The Morgan fingerprint density at radius 2 is 2.38 bits per heavy atom. The van der Waals surface area contributed by atoms with Gasteiger partial charge in [0.05, 0.1) is 7.11 Å². The zero-order valence-electron chi connectivity index (χ0n) is 9.09. The maximum absolute atomic E-state index is 5.63. The highest BCUT2D eigenvalue weighted by atomic mass is 16.5. The van der Waals surface area contributed by atoms with Crippen molar-refractivity contribution >= 4 is 5.65 Å². The molecule has 0 aliphatic carbocycles. The second kappa shape index (κ2) is 3.75. The topological polar surface area (TPSA) is 48.7 Å². The van der Waals surface area contributed by atoms with Crippen LogP contribution in [-0.2, 0) is 4.74 Å². The van der Waals surface area contributed by atoms with E-state index in [2.05, 4.69) is 10.2 Å². The summed E-state index contributed by atoms with van der Waals surface area (Å²) >= 11 is 0. The van der Waals surface area contributed by atoms with E-state index in [1.54, 1.807) is 7.11 Å². The Kier molecular flexibility index (Phi) is 2.25. The van der Waals surface area contributed by atoms with Gasteiger partial charge in [0.1, 0.15) is 6.10 Å². The summed E-state index contributed by atoms with van der Waals surface area (Å²) in [5, 5.41) is 8.32. The van der Waals surface area contributed by atoms with E-state index in [0.717, 1.165) is 36.8 Å². The van der Waals surface area contributed by atoms with Crippen molar-refractivity contribution in [3.05, 3.63) is 24.0 Å². The normalized spacial score (nSPS) is 20.4. The van der Waals surface area contributed by atoms with Gasteiger partial charge in [-0.3, -0.25) is 0 Å². The fraction of sp³-hybridized carbons (Fsp3) is 0.455. The lowest BCUT2D eigenvalue weighted by molar-refractivity contribution is 0.103. The number of nitrogens with zero attached hydrogens (tertiary/aromatic N) is 3. The molecule has 0 N–H and O–H groups in total. The predicted molar refractivity (Wildman–Crippen MR) is 57.5 cm³/mol. The van der Waals surface area contributed by atoms with Gasteiger partial charge in [-0.05, 0) is 25.0 Å². The summed E-state index contributed by atoms with van der Waals surface area (Å²) in [5.41, 5.74) is 0.796. The van der Waals surface area contributed by atoms with Crippen molar-refractivity contribution in [2.75, 3.05) is 13.7 Å². The molecule has 2 aromatic heterocycles. The smallest absolute Gasteiger partial charge is 0.200 e. The number of aromatic nitrogens is 3. The van der Waals surface area contributed by atoms with Crippen molar-refractivity contribution in [3.63, 3.8) is 0 Å². The maximum atomic E-state index is 5.63. The van der Waals surface area contributed by atoms with Crippen LogP contribution in [0.25, 0.3) is 5.65 Å². The van der Waals surface area contributed by atoms with Crippen molar-refractivity contribution in [2.24, 2.45) is 0 Å². The van der Waals surface area contributed by atoms with E-state index in [4.69, 9.17) is 9.47 Å². The Morgan fingerprint density at radius 3 is 3.12 bits per heavy atom. The van der Waals surface area contributed by atoms with Gasteiger partial charge in [-0.25, -0.2) is 4.40 Å². The van der Waals surface area contributed by atoms with E-state index < -0.39 is 0 Å². The van der Waals surface area contributed by atoms with E-state index in [-0.39, 0.29) is 6.10 Å². The lowest BCUT2D eigenvalue weighted by Gasteiger charge is -2.09. The van der Waals surface area contributed by atoms with Gasteiger partial charge in [0.2, 0.25) is 5.88 Å². The highest BCUT2D eigenvalue weighted by Gasteiger charge is 2.24. The van der Waals surface area contributed by atoms with Crippen LogP contribution in [0, 0.1) is 0 Å². The highest BCUT2D eigenvalue weighted by Crippen LogP contribution is 2.29. The fourth-order valence-electron chi connectivity index (χ4n) is 2.08. The van der Waals surface area contributed by atoms with Crippen LogP contribution < -0.4 is 4.74 Å². The molecule has 3 rings (SSSR count). The summed E-state index contributed by atoms with van der Waals surface area (Å²) in [6, 6.07) is 5.71. The van der Waals surface area contributed by atoms with Crippen LogP contribution in [0.1, 0.15) is 24.8 Å². The third kappa shape index (κ3) is 1.36. The zero-order chi connectivity index (χ0) is 11.0. The minimum Gasteiger partial charge on any atom is -0.482 e. The van der Waals surface area contributed by atoms with Gasteiger partial charge in [-0.2, -0.15) is 0 Å². The van der Waals surface area contributed by atoms with Crippen molar-refractivity contribution in [1.82, 2.24) is 14.6 Å². The first kappa shape index (κ1) is 9.59. The summed E-state index contributed by atoms with van der Waals surface area (Å²) in [5.74, 6) is 1.58. The number of methoxy groups -OCH3 is 1. The number of fused-ring (bicyclic) bond motifs is 1. The summed E-state index contributed by atoms with van der Waals surface area (Å²) in [4.78, 5) is 0. The van der Waals surface area contributed by atoms with E-state index in [1.165, 1.54) is 0 Å². The second-order valence-corrected chi connectivity index (χ2v) is 3.82. The molecule has 16 heavy (non-hydrogen) atoms. The third-order valence-electron chi connectivity index (χ3n) is 2.84. The number of pyridine rings is 1. The Morgan fingerprint density at radius 1 is 1.44 bits per heavy atom. The largest absolute Gasteiger partial charge is 0.482 e. The molecule has 1 saturated heterocycles. The molecule has 1 atom stereocenters. The molecule has 0 radical (unpaired) electrons. The summed E-state index contributed by atoms with van der Waals surface area (Å²) in [6.07, 6.45) is 2.12. The third-order valence-corrected chi connectivity index (χ3v) is 2.84. The molecule has 3 heterocycles. The Hall–Kier alpha value is -1.62. The van der Waals surface area contributed by atoms with E-state index >= 15 is 0 Å². The van der Waals surface area contributed by atoms with Gasteiger partial charge >= 0.3 is 0 Å². The van der Waals surface area contributed by atoms with Crippen LogP contribution in [-0.4, -0.2) is 28.3 Å². The number of ether oxygens (including phenoxy) is 2. The van der Waals surface area contributed by atoms with Crippen LogP contribution in [0.4, 0.5) is 0 Å². The molecule has 1 aliphatic rings. The molecule has 84 valence electrons. The van der Waals surface area contributed by atoms with Gasteiger partial charge in [0, 0.05) is 6.61 Å². The predicted octanol–water partition coefficient (Wildman–Crippen LogP) is 1.59. The van der Waals surface area contributed by atoms with Crippen LogP contribution in [0.3, 0.4) is 0 Å². The van der Waals surface area contributed by atoms with E-state index in [1.807, 2.05) is 22.6 Å². The lowest BCUT2D eigenvalue weighted by Crippen LogP contribution is -2.04. The molecule has 0 spiro atoms. The molecular formula is C11H13N3O2. The maximum Gasteiger partial charge on any atom is 0.200 e. The monoisotopic (exact) mass is 219 g/mol. The molecule has 0 aromatic carbocycles. The molecule has 5 heteroatoms. The average Bonchev–Trinajstić information content (AvgIpc) is 2.96. The Balaban J connectivity index is 2.16. The van der Waals surface area contributed by atoms with Crippen molar-refractivity contribution in [3.8, 4) is 5.88 Å². The first-order chi connectivity index (χ1) is 7.90. The van der Waals surface area contributed by atoms with E-state index in [9.17, 15) is 0 Å². The highest BCUT2D eigenvalue weighted by molar-refractivity contribution is 5.42. The minimum atomic E-state index is 0.0475. The first-order valence-corrected chi connectivity index (χ1v) is 5.40. The van der Waals surface area contributed by atoms with Gasteiger partial charge in [0.25, 0.3) is 0 Å². The van der Waals surface area contributed by atoms with Crippen LogP contribution >= 0.6 is 0 Å². The average molecular weight is 219 g/mol. The molecule has 1 fully saturated rings. The molecule has 1 aliphatic heterocycles. The molecule has 0 bridgehead atoms. The molecule has 5 nitrogen and oxygen atoms in total. The van der Waals surface area contributed by atoms with E-state index in [0.29, 0.717) is 0 Å². The molecule has 0 saturated carbocycles. The SMILES string of the molecule is COc1cccc2nnc(C3CCCO3)n12. The zero-order valence-corrected chi connectivity index (χ0v) is 9.09. The van der Waals surface area contributed by atoms with Crippen molar-refractivity contribution in [1.29, 1.82) is 0 Å². The minimum absolute atomic E-state index is 0.0475. The summed E-state index contributed by atoms with van der Waals surface area (Å²) in [7, 11) is 1.65. The van der Waals surface area contributed by atoms with Gasteiger partial charge < -0.3 is 9.47 Å². The Labute approximate surface area is 93.0 Å². The van der Waals surface area contributed by atoms with Crippen LogP contribution in [0.5, 0.6) is 5.88 Å². The van der Waals surface area contributed by atoms with Crippen molar-refractivity contribution in [2.45, 2.75) is 18.9 Å². The number of hydrogen-bond acceptors (Lipinski definition) is 4. The quantitative estimate of drug-likeness (QED) is 0.769. The first-order valence-electron chi connectivity index (χ1n) is 5.40. The number of hydrogen-bond donors (Lipinski definition) is 0. The number of rotatable bonds is 2. The lowest BCUT2D eigenvalue weighted by atomic mass is 10.2. The standard InChI is InChI=1S/C11H13N3O2/c1-15-10-6-2-5-9-12-13-11(14(9)10)8-4-3-7-16-8/h2,5-6,8H,3-4,7H2,1H3. The molecule has 1 unspecified atom stereocenters.